The number of hydrogen-bond donors (Lipinski definition) is 0. The summed E-state index contributed by atoms with van der Waals surface area (Å²) < 4.78 is 41.5. The molecule has 0 N–H and O–H groups in total. The third-order valence-electron chi connectivity index (χ3n) is 1.77. The minimum Gasteiger partial charge on any atom is -0.496 e. The molecular weight excluding hydrogens is 176 g/mol. The quantitative estimate of drug-likeness (QED) is 0.739. The summed E-state index contributed by atoms with van der Waals surface area (Å²) in [6.07, 6.45) is 0. The van der Waals surface area contributed by atoms with E-state index >= 15 is 0 Å². The molecule has 0 heterocycles. The molecule has 2 nitrogen and oxygen atoms in total. The Morgan fingerprint density at radius 3 is 2.43 bits per heavy atom. The van der Waals surface area contributed by atoms with Gasteiger partial charge in [-0.15, -0.1) is 0 Å². The van der Waals surface area contributed by atoms with E-state index in [2.05, 4.69) is 0 Å². The van der Waals surface area contributed by atoms with Crippen molar-refractivity contribution in [1.29, 1.82) is 0 Å². The second-order valence-electron chi connectivity index (χ2n) is 2.69. The third-order valence-corrected chi connectivity index (χ3v) is 1.77. The SMILES string of the molecule is [2H]C(C)=C([2H])c1c([2H])c(OC)c(C)c([2H])c1OC. The highest BCUT2D eigenvalue weighted by atomic mass is 16.5. The Hall–Kier alpha value is -1.44. The predicted molar refractivity (Wildman–Crippen MR) is 59.0 cm³/mol. The molecule has 0 radical (unpaired) electrons. The van der Waals surface area contributed by atoms with Gasteiger partial charge in [0, 0.05) is 5.56 Å². The summed E-state index contributed by atoms with van der Waals surface area (Å²) in [4.78, 5) is 0. The summed E-state index contributed by atoms with van der Waals surface area (Å²) in [6.45, 7) is 3.11. The molecule has 0 atom stereocenters. The molecule has 0 unspecified atom stereocenters. The van der Waals surface area contributed by atoms with Gasteiger partial charge < -0.3 is 9.47 Å². The molecule has 0 saturated carbocycles. The normalized spacial score (nSPS) is 16.0. The fourth-order valence-corrected chi connectivity index (χ4v) is 1.12. The van der Waals surface area contributed by atoms with E-state index < -0.39 is 0 Å². The minimum absolute atomic E-state index is 0.00658. The van der Waals surface area contributed by atoms with E-state index in [0.29, 0.717) is 5.56 Å². The zero-order chi connectivity index (χ0) is 14.0. The van der Waals surface area contributed by atoms with E-state index in [9.17, 15) is 0 Å². The maximum atomic E-state index is 8.03. The summed E-state index contributed by atoms with van der Waals surface area (Å²) in [5.41, 5.74) is 0.607. The first kappa shape index (κ1) is 6.12. The summed E-state index contributed by atoms with van der Waals surface area (Å²) in [6, 6.07) is -0.0819. The van der Waals surface area contributed by atoms with Crippen molar-refractivity contribution in [3.63, 3.8) is 0 Å². The molecule has 0 bridgehead atoms. The molecule has 0 aromatic heterocycles. The number of rotatable bonds is 3. The maximum absolute atomic E-state index is 8.03. The van der Waals surface area contributed by atoms with Crippen LogP contribution in [0.3, 0.4) is 0 Å². The molecule has 0 fully saturated rings. The van der Waals surface area contributed by atoms with Gasteiger partial charge >= 0.3 is 0 Å². The van der Waals surface area contributed by atoms with Crippen molar-refractivity contribution < 1.29 is 15.0 Å². The van der Waals surface area contributed by atoms with Crippen LogP contribution in [0.4, 0.5) is 0 Å². The van der Waals surface area contributed by atoms with Gasteiger partial charge in [0.1, 0.15) is 11.5 Å². The van der Waals surface area contributed by atoms with Gasteiger partial charge in [0.2, 0.25) is 0 Å². The maximum Gasteiger partial charge on any atom is 0.126 e. The van der Waals surface area contributed by atoms with Crippen molar-refractivity contribution in [3.8, 4) is 11.5 Å². The monoisotopic (exact) mass is 196 g/mol. The van der Waals surface area contributed by atoms with Crippen LogP contribution in [0.2, 0.25) is 0 Å². The van der Waals surface area contributed by atoms with Gasteiger partial charge in [-0.3, -0.25) is 0 Å². The topological polar surface area (TPSA) is 18.5 Å². The van der Waals surface area contributed by atoms with Crippen LogP contribution >= 0.6 is 0 Å². The average molecular weight is 196 g/mol. The molecule has 0 saturated heterocycles. The highest BCUT2D eigenvalue weighted by Crippen LogP contribution is 2.28. The van der Waals surface area contributed by atoms with E-state index in [4.69, 9.17) is 15.0 Å². The van der Waals surface area contributed by atoms with Gasteiger partial charge in [-0.25, -0.2) is 0 Å². The first-order chi connectivity index (χ1) is 8.36. The van der Waals surface area contributed by atoms with Crippen LogP contribution in [-0.4, -0.2) is 14.2 Å². The largest absolute Gasteiger partial charge is 0.496 e. The van der Waals surface area contributed by atoms with Crippen LogP contribution in [0, 0.1) is 6.92 Å². The first-order valence-corrected chi connectivity index (χ1v) is 4.22. The Labute approximate surface area is 90.8 Å². The average Bonchev–Trinajstić information content (AvgIpc) is 2.33. The van der Waals surface area contributed by atoms with Crippen molar-refractivity contribution in [1.82, 2.24) is 0 Å². The van der Waals surface area contributed by atoms with Crippen LogP contribution in [0.5, 0.6) is 11.5 Å². The lowest BCUT2D eigenvalue weighted by molar-refractivity contribution is 0.400. The Morgan fingerprint density at radius 2 is 1.93 bits per heavy atom. The Morgan fingerprint density at radius 1 is 1.29 bits per heavy atom. The molecule has 0 aliphatic rings. The predicted octanol–water partition coefficient (Wildman–Crippen LogP) is 3.05. The van der Waals surface area contributed by atoms with E-state index in [1.54, 1.807) is 6.92 Å². The molecule has 0 aliphatic carbocycles. The Balaban J connectivity index is 3.79. The number of allylic oxidation sites excluding steroid dienone is 1. The molecule has 1 aromatic carbocycles. The van der Waals surface area contributed by atoms with Crippen molar-refractivity contribution in [2.75, 3.05) is 14.2 Å². The lowest BCUT2D eigenvalue weighted by Crippen LogP contribution is -1.92. The minimum atomic E-state index is -0.136. The van der Waals surface area contributed by atoms with Crippen LogP contribution in [-0.2, 0) is 0 Å². The van der Waals surface area contributed by atoms with Gasteiger partial charge in [-0.2, -0.15) is 0 Å². The highest BCUT2D eigenvalue weighted by molar-refractivity contribution is 5.61. The molecule has 1 aromatic rings. The van der Waals surface area contributed by atoms with Gasteiger partial charge in [-0.1, -0.05) is 12.1 Å². The van der Waals surface area contributed by atoms with Crippen LogP contribution in [0.1, 0.15) is 23.5 Å². The number of methoxy groups -OCH3 is 2. The molecule has 2 heteroatoms. The Kier molecular flexibility index (Phi) is 2.06. The number of hydrogen-bond acceptors (Lipinski definition) is 2. The second-order valence-corrected chi connectivity index (χ2v) is 2.69. The van der Waals surface area contributed by atoms with Gasteiger partial charge in [-0.05, 0) is 31.5 Å². The van der Waals surface area contributed by atoms with Gasteiger partial charge in [0.25, 0.3) is 0 Å². The molecule has 14 heavy (non-hydrogen) atoms. The summed E-state index contributed by atoms with van der Waals surface area (Å²) in [5.74, 6) is 0.372. The summed E-state index contributed by atoms with van der Waals surface area (Å²) >= 11 is 0. The first-order valence-electron chi connectivity index (χ1n) is 6.22. The lowest BCUT2D eigenvalue weighted by atomic mass is 10.1. The van der Waals surface area contributed by atoms with Gasteiger partial charge in [0.05, 0.1) is 19.7 Å². The molecule has 0 spiro atoms. The van der Waals surface area contributed by atoms with E-state index in [-0.39, 0.29) is 41.3 Å². The van der Waals surface area contributed by atoms with Crippen LogP contribution in [0.15, 0.2) is 18.1 Å². The zero-order valence-electron chi connectivity index (χ0n) is 12.8. The van der Waals surface area contributed by atoms with E-state index in [1.165, 1.54) is 21.1 Å². The zero-order valence-corrected chi connectivity index (χ0v) is 8.82. The number of benzene rings is 1. The highest BCUT2D eigenvalue weighted by Gasteiger charge is 2.05. The third kappa shape index (κ3) is 2.08. The standard InChI is InChI=1S/C12H16O2/c1-5-6-10-8-11(13-3)9(2)7-12(10)14-4/h5-8H,1-4H3/i5D,6D,7D,8D. The van der Waals surface area contributed by atoms with Crippen molar-refractivity contribution in [3.05, 3.63) is 29.3 Å². The second kappa shape index (κ2) is 4.70. The molecule has 1 rings (SSSR count). The van der Waals surface area contributed by atoms with Crippen molar-refractivity contribution in [2.45, 2.75) is 13.8 Å². The molecule has 0 aliphatic heterocycles. The van der Waals surface area contributed by atoms with Gasteiger partial charge in [0.15, 0.2) is 0 Å². The summed E-state index contributed by atoms with van der Waals surface area (Å²) in [5, 5.41) is 0. The summed E-state index contributed by atoms with van der Waals surface area (Å²) in [7, 11) is 2.80. The number of ether oxygens (including phenoxy) is 2. The fourth-order valence-electron chi connectivity index (χ4n) is 1.12. The smallest absolute Gasteiger partial charge is 0.126 e. The van der Waals surface area contributed by atoms with E-state index in [1.807, 2.05) is 0 Å². The van der Waals surface area contributed by atoms with Crippen LogP contribution < -0.4 is 9.47 Å². The van der Waals surface area contributed by atoms with Crippen molar-refractivity contribution in [2.24, 2.45) is 0 Å². The van der Waals surface area contributed by atoms with Crippen LogP contribution in [0.25, 0.3) is 6.05 Å². The lowest BCUT2D eigenvalue weighted by Gasteiger charge is -2.10. The molecule has 76 valence electrons. The Bertz CT molecular complexity index is 506. The molecule has 0 amide bonds. The fraction of sp³-hybridized carbons (Fsp3) is 0.333. The van der Waals surface area contributed by atoms with E-state index in [0.717, 1.165) is 0 Å². The van der Waals surface area contributed by atoms with Crippen molar-refractivity contribution >= 4 is 6.05 Å². The molecular formula is C12H16O2.